The molecule has 3 unspecified atom stereocenters. The molecular weight excluding hydrogens is 454 g/mol. The van der Waals surface area contributed by atoms with Crippen molar-refractivity contribution in [3.05, 3.63) is 35.4 Å². The third kappa shape index (κ3) is 9.76. The van der Waals surface area contributed by atoms with Gasteiger partial charge in [-0.25, -0.2) is 4.72 Å². The van der Waals surface area contributed by atoms with Gasteiger partial charge in [-0.2, -0.15) is 11.8 Å². The molecule has 0 bridgehead atoms. The SMILES string of the molecule is CCCS(O)(O)NC(C(=O)NC(CCSC)C(=O)NCc1ccc(C(=N)N)cc1)C(C)O. The lowest BCUT2D eigenvalue weighted by Crippen LogP contribution is -2.56. The smallest absolute Gasteiger partial charge is 0.242 e. The summed E-state index contributed by atoms with van der Waals surface area (Å²) in [6.45, 7) is 3.35. The molecule has 0 aromatic heterocycles. The predicted octanol–water partition coefficient (Wildman–Crippen LogP) is 1.24. The first-order valence-corrected chi connectivity index (χ1v) is 13.3. The van der Waals surface area contributed by atoms with Crippen LogP contribution in [0.2, 0.25) is 0 Å². The summed E-state index contributed by atoms with van der Waals surface area (Å²) in [5.41, 5.74) is 6.82. The summed E-state index contributed by atoms with van der Waals surface area (Å²) < 4.78 is 22.6. The van der Waals surface area contributed by atoms with Crippen molar-refractivity contribution in [2.24, 2.45) is 5.73 Å². The van der Waals surface area contributed by atoms with E-state index in [4.69, 9.17) is 11.1 Å². The molecule has 0 spiro atoms. The van der Waals surface area contributed by atoms with Crippen molar-refractivity contribution in [2.75, 3.05) is 17.8 Å². The van der Waals surface area contributed by atoms with Crippen LogP contribution in [0.3, 0.4) is 0 Å². The van der Waals surface area contributed by atoms with Crippen molar-refractivity contribution in [1.82, 2.24) is 15.4 Å². The summed E-state index contributed by atoms with van der Waals surface area (Å²) in [5, 5.41) is 22.8. The van der Waals surface area contributed by atoms with Crippen LogP contribution in [0.5, 0.6) is 0 Å². The molecule has 0 aliphatic heterocycles. The molecule has 9 N–H and O–H groups in total. The zero-order chi connectivity index (χ0) is 24.3. The van der Waals surface area contributed by atoms with Crippen molar-refractivity contribution < 1.29 is 23.8 Å². The van der Waals surface area contributed by atoms with Crippen LogP contribution in [-0.4, -0.2) is 67.8 Å². The highest BCUT2D eigenvalue weighted by Gasteiger charge is 2.31. The highest BCUT2D eigenvalue weighted by atomic mass is 32.3. The monoisotopic (exact) mass is 489 g/mol. The van der Waals surface area contributed by atoms with Crippen LogP contribution < -0.4 is 21.1 Å². The molecule has 0 aliphatic carbocycles. The minimum Gasteiger partial charge on any atom is -0.391 e. The van der Waals surface area contributed by atoms with Crippen LogP contribution in [0.1, 0.15) is 37.8 Å². The summed E-state index contributed by atoms with van der Waals surface area (Å²) in [4.78, 5) is 25.5. The van der Waals surface area contributed by atoms with Crippen molar-refractivity contribution in [1.29, 1.82) is 5.41 Å². The number of nitrogen functional groups attached to an aromatic ring is 1. The maximum absolute atomic E-state index is 12.8. The molecule has 0 radical (unpaired) electrons. The largest absolute Gasteiger partial charge is 0.391 e. The van der Waals surface area contributed by atoms with Gasteiger partial charge in [0.05, 0.1) is 11.9 Å². The summed E-state index contributed by atoms with van der Waals surface area (Å²) in [5.74, 6) is -0.473. The highest BCUT2D eigenvalue weighted by molar-refractivity contribution is 8.22. The number of nitrogens with one attached hydrogen (secondary N) is 4. The first kappa shape index (κ1) is 28.2. The van der Waals surface area contributed by atoms with Crippen LogP contribution >= 0.6 is 22.5 Å². The Kier molecular flexibility index (Phi) is 12.0. The van der Waals surface area contributed by atoms with Gasteiger partial charge in [-0.05, 0) is 37.3 Å². The molecule has 0 fully saturated rings. The fourth-order valence-corrected chi connectivity index (χ4v) is 4.67. The molecule has 0 aliphatic rings. The molecule has 1 rings (SSSR count). The number of carbonyl (C=O) groups is 2. The van der Waals surface area contributed by atoms with Crippen LogP contribution in [0.4, 0.5) is 0 Å². The number of aliphatic hydroxyl groups is 1. The second-order valence-corrected chi connectivity index (χ2v) is 10.3. The number of hydrogen-bond acceptors (Lipinski definition) is 8. The van der Waals surface area contributed by atoms with Gasteiger partial charge in [0.2, 0.25) is 11.8 Å². The van der Waals surface area contributed by atoms with E-state index in [1.807, 2.05) is 6.26 Å². The second kappa shape index (κ2) is 13.7. The van der Waals surface area contributed by atoms with Crippen molar-refractivity contribution in [2.45, 2.75) is 51.4 Å². The number of nitrogens with two attached hydrogens (primary N) is 1. The van der Waals surface area contributed by atoms with Gasteiger partial charge in [0, 0.05) is 12.1 Å². The molecule has 2 amide bonds. The maximum Gasteiger partial charge on any atom is 0.242 e. The van der Waals surface area contributed by atoms with E-state index in [-0.39, 0.29) is 18.1 Å². The van der Waals surface area contributed by atoms with Crippen LogP contribution in [0.15, 0.2) is 24.3 Å². The molecule has 3 atom stereocenters. The van der Waals surface area contributed by atoms with Crippen LogP contribution in [0.25, 0.3) is 0 Å². The number of benzene rings is 1. The van der Waals surface area contributed by atoms with E-state index in [9.17, 15) is 23.8 Å². The first-order chi connectivity index (χ1) is 15.0. The quantitative estimate of drug-likeness (QED) is 0.142. The first-order valence-electron chi connectivity index (χ1n) is 10.2. The Hall–Kier alpha value is -1.83. The van der Waals surface area contributed by atoms with Gasteiger partial charge < -0.3 is 21.5 Å². The Morgan fingerprint density at radius 3 is 2.34 bits per heavy atom. The Labute approximate surface area is 195 Å². The number of thioether (sulfide) groups is 1. The number of amidine groups is 1. The Balaban J connectivity index is 2.82. The number of aliphatic hydroxyl groups excluding tert-OH is 1. The van der Waals surface area contributed by atoms with E-state index in [1.54, 1.807) is 31.2 Å². The molecule has 182 valence electrons. The van der Waals surface area contributed by atoms with Gasteiger partial charge in [-0.1, -0.05) is 31.2 Å². The van der Waals surface area contributed by atoms with E-state index >= 15 is 0 Å². The lowest BCUT2D eigenvalue weighted by atomic mass is 10.1. The molecule has 0 saturated heterocycles. The van der Waals surface area contributed by atoms with Gasteiger partial charge in [0.25, 0.3) is 0 Å². The van der Waals surface area contributed by atoms with Crippen molar-refractivity contribution >= 4 is 40.2 Å². The van der Waals surface area contributed by atoms with Crippen molar-refractivity contribution in [3.63, 3.8) is 0 Å². The maximum atomic E-state index is 12.8. The van der Waals surface area contributed by atoms with Gasteiger partial charge in [-0.3, -0.25) is 24.1 Å². The summed E-state index contributed by atoms with van der Waals surface area (Å²) >= 11 is 1.52. The summed E-state index contributed by atoms with van der Waals surface area (Å²) in [6.07, 6.45) is 1.52. The average Bonchev–Trinajstić information content (AvgIpc) is 2.73. The number of carbonyl (C=O) groups excluding carboxylic acids is 2. The lowest BCUT2D eigenvalue weighted by molar-refractivity contribution is -0.131. The highest BCUT2D eigenvalue weighted by Crippen LogP contribution is 2.35. The van der Waals surface area contributed by atoms with Gasteiger partial charge in [0.1, 0.15) is 17.9 Å². The summed E-state index contributed by atoms with van der Waals surface area (Å²) in [7, 11) is -3.25. The Morgan fingerprint density at radius 2 is 1.84 bits per heavy atom. The standard InChI is InChI=1S/C20H35N5O5S2/c1-4-11-32(29,30)25-17(13(2)26)20(28)24-16(9-10-31-3)19(27)23-12-14-5-7-15(8-6-14)18(21)22/h5-8,13,16-17,25-26,29-30H,4,9-12H2,1-3H3,(H3,21,22)(H,23,27)(H,24,28). The van der Waals surface area contributed by atoms with E-state index in [0.717, 1.165) is 5.56 Å². The van der Waals surface area contributed by atoms with Crippen LogP contribution in [0, 0.1) is 5.41 Å². The van der Waals surface area contributed by atoms with E-state index in [2.05, 4.69) is 15.4 Å². The fourth-order valence-electron chi connectivity index (χ4n) is 2.80. The number of hydrogen-bond donors (Lipinski definition) is 8. The van der Waals surface area contributed by atoms with Gasteiger partial charge in [0.15, 0.2) is 0 Å². The van der Waals surface area contributed by atoms with E-state index < -0.39 is 40.8 Å². The average molecular weight is 490 g/mol. The third-order valence-corrected chi connectivity index (χ3v) is 6.80. The molecule has 32 heavy (non-hydrogen) atoms. The Bertz CT molecular complexity index is 761. The van der Waals surface area contributed by atoms with Crippen LogP contribution in [-0.2, 0) is 16.1 Å². The molecule has 0 saturated carbocycles. The zero-order valence-corrected chi connectivity index (χ0v) is 20.3. The molecule has 1 aromatic carbocycles. The third-order valence-electron chi connectivity index (χ3n) is 4.54. The molecule has 1 aromatic rings. The van der Waals surface area contributed by atoms with Gasteiger partial charge in [-0.15, -0.1) is 10.8 Å². The fraction of sp³-hybridized carbons (Fsp3) is 0.550. The van der Waals surface area contributed by atoms with E-state index in [0.29, 0.717) is 24.2 Å². The molecule has 12 heteroatoms. The van der Waals surface area contributed by atoms with E-state index in [1.165, 1.54) is 18.7 Å². The predicted molar refractivity (Wildman–Crippen MR) is 131 cm³/mol. The summed E-state index contributed by atoms with van der Waals surface area (Å²) in [6, 6.07) is 4.73. The number of rotatable bonds is 14. The molecule has 0 heterocycles. The molecule has 10 nitrogen and oxygen atoms in total. The Morgan fingerprint density at radius 1 is 1.22 bits per heavy atom. The topological polar surface area (TPSA) is 181 Å². The number of amides is 2. The minimum absolute atomic E-state index is 0.0440. The van der Waals surface area contributed by atoms with Gasteiger partial charge >= 0.3 is 0 Å². The van der Waals surface area contributed by atoms with Crippen molar-refractivity contribution in [3.8, 4) is 0 Å². The minimum atomic E-state index is -3.25. The second-order valence-electron chi connectivity index (χ2n) is 7.38. The molecular formula is C20H35N5O5S2. The normalized spacial score (nSPS) is 14.8. The lowest BCUT2D eigenvalue weighted by Gasteiger charge is -2.37. The zero-order valence-electron chi connectivity index (χ0n) is 18.6.